The molecule has 1 aliphatic rings. The van der Waals surface area contributed by atoms with Gasteiger partial charge in [-0.1, -0.05) is 18.2 Å². The molecule has 3 aromatic rings. The molecule has 7 heteroatoms. The van der Waals surface area contributed by atoms with Crippen molar-refractivity contribution in [2.75, 3.05) is 17.4 Å². The van der Waals surface area contributed by atoms with E-state index in [2.05, 4.69) is 15.6 Å². The van der Waals surface area contributed by atoms with Crippen molar-refractivity contribution in [3.8, 4) is 11.5 Å². The summed E-state index contributed by atoms with van der Waals surface area (Å²) in [6.07, 6.45) is 3.15. The minimum atomic E-state index is -0.301. The number of pyridine rings is 1. The lowest BCUT2D eigenvalue weighted by molar-refractivity contribution is 0.101. The molecule has 1 amide bonds. The fraction of sp³-hybridized carbons (Fsp3) is 0.136. The van der Waals surface area contributed by atoms with Crippen molar-refractivity contribution in [2.24, 2.45) is 0 Å². The van der Waals surface area contributed by atoms with Crippen LogP contribution in [0, 0.1) is 0 Å². The molecule has 0 radical (unpaired) electrons. The number of rotatable bonds is 6. The van der Waals surface area contributed by atoms with Crippen LogP contribution in [-0.2, 0) is 6.54 Å². The van der Waals surface area contributed by atoms with Gasteiger partial charge in [0.25, 0.3) is 5.91 Å². The van der Waals surface area contributed by atoms with E-state index in [4.69, 9.17) is 9.47 Å². The van der Waals surface area contributed by atoms with Crippen LogP contribution in [0.15, 0.2) is 60.9 Å². The number of hydrogen-bond acceptors (Lipinski definition) is 6. The van der Waals surface area contributed by atoms with E-state index in [1.165, 1.54) is 13.1 Å². The van der Waals surface area contributed by atoms with E-state index in [9.17, 15) is 9.59 Å². The summed E-state index contributed by atoms with van der Waals surface area (Å²) in [7, 11) is 0. The molecule has 0 aliphatic carbocycles. The van der Waals surface area contributed by atoms with Gasteiger partial charge in [-0.15, -0.1) is 0 Å². The number of anilines is 2. The maximum atomic E-state index is 12.6. The highest BCUT2D eigenvalue weighted by Crippen LogP contribution is 2.32. The summed E-state index contributed by atoms with van der Waals surface area (Å²) in [5, 5.41) is 6.05. The average molecular weight is 389 g/mol. The first-order valence-corrected chi connectivity index (χ1v) is 9.08. The Morgan fingerprint density at radius 3 is 2.66 bits per heavy atom. The Morgan fingerprint density at radius 2 is 1.79 bits per heavy atom. The molecule has 29 heavy (non-hydrogen) atoms. The highest BCUT2D eigenvalue weighted by molar-refractivity contribution is 6.05. The van der Waals surface area contributed by atoms with Crippen LogP contribution in [0.3, 0.4) is 0 Å². The molecule has 2 aromatic carbocycles. The third-order valence-electron chi connectivity index (χ3n) is 4.46. The first-order chi connectivity index (χ1) is 14.1. The van der Waals surface area contributed by atoms with E-state index < -0.39 is 0 Å². The zero-order valence-electron chi connectivity index (χ0n) is 15.8. The van der Waals surface area contributed by atoms with Crippen LogP contribution in [0.25, 0.3) is 0 Å². The van der Waals surface area contributed by atoms with Gasteiger partial charge >= 0.3 is 0 Å². The Labute approximate surface area is 167 Å². The SMILES string of the molecule is CC(=O)c1cccc(NC(=O)c2cncc(NCc3ccc4c(c3)OCO4)c2)c1. The van der Waals surface area contributed by atoms with Crippen LogP contribution < -0.4 is 20.1 Å². The van der Waals surface area contributed by atoms with E-state index >= 15 is 0 Å². The summed E-state index contributed by atoms with van der Waals surface area (Å²) in [4.78, 5) is 28.2. The van der Waals surface area contributed by atoms with Gasteiger partial charge in [-0.3, -0.25) is 14.6 Å². The topological polar surface area (TPSA) is 89.6 Å². The highest BCUT2D eigenvalue weighted by atomic mass is 16.7. The van der Waals surface area contributed by atoms with E-state index in [0.29, 0.717) is 29.0 Å². The van der Waals surface area contributed by atoms with Crippen LogP contribution in [0.2, 0.25) is 0 Å². The van der Waals surface area contributed by atoms with E-state index in [-0.39, 0.29) is 18.5 Å². The Morgan fingerprint density at radius 1 is 0.966 bits per heavy atom. The first kappa shape index (κ1) is 18.5. The van der Waals surface area contributed by atoms with Gasteiger partial charge < -0.3 is 20.1 Å². The van der Waals surface area contributed by atoms with Crippen molar-refractivity contribution >= 4 is 23.1 Å². The van der Waals surface area contributed by atoms with Crippen LogP contribution in [0.5, 0.6) is 11.5 Å². The zero-order chi connectivity index (χ0) is 20.2. The lowest BCUT2D eigenvalue weighted by atomic mass is 10.1. The number of hydrogen-bond donors (Lipinski definition) is 2. The molecule has 7 nitrogen and oxygen atoms in total. The standard InChI is InChI=1S/C22H19N3O4/c1-14(26)16-3-2-4-18(8-16)25-22(27)17-9-19(12-23-11-17)24-10-15-5-6-20-21(7-15)29-13-28-20/h2-9,11-12,24H,10,13H2,1H3,(H,25,27). The molecule has 1 aromatic heterocycles. The largest absolute Gasteiger partial charge is 0.454 e. The second kappa shape index (κ2) is 8.02. The van der Waals surface area contributed by atoms with E-state index in [1.807, 2.05) is 18.2 Å². The minimum absolute atomic E-state index is 0.0579. The van der Waals surface area contributed by atoms with Gasteiger partial charge in [0.15, 0.2) is 17.3 Å². The van der Waals surface area contributed by atoms with Crippen LogP contribution >= 0.6 is 0 Å². The van der Waals surface area contributed by atoms with Crippen molar-refractivity contribution in [2.45, 2.75) is 13.5 Å². The Balaban J connectivity index is 1.42. The number of ether oxygens (including phenoxy) is 2. The van der Waals surface area contributed by atoms with Crippen molar-refractivity contribution in [3.63, 3.8) is 0 Å². The summed E-state index contributed by atoms with van der Waals surface area (Å²) in [5.74, 6) is 1.11. The third-order valence-corrected chi connectivity index (χ3v) is 4.46. The van der Waals surface area contributed by atoms with Gasteiger partial charge in [-0.05, 0) is 42.8 Å². The van der Waals surface area contributed by atoms with Crippen LogP contribution in [0.4, 0.5) is 11.4 Å². The molecular weight excluding hydrogens is 370 g/mol. The van der Waals surface area contributed by atoms with Gasteiger partial charge in [0.1, 0.15) is 0 Å². The first-order valence-electron chi connectivity index (χ1n) is 9.08. The number of benzene rings is 2. The molecule has 146 valence electrons. The van der Waals surface area contributed by atoms with Crippen molar-refractivity contribution < 1.29 is 19.1 Å². The quantitative estimate of drug-likeness (QED) is 0.622. The number of Topliss-reactive ketones (excluding diaryl/α,β-unsaturated/α-hetero) is 1. The third kappa shape index (κ3) is 4.35. The van der Waals surface area contributed by atoms with Crippen molar-refractivity contribution in [1.82, 2.24) is 4.98 Å². The maximum absolute atomic E-state index is 12.6. The van der Waals surface area contributed by atoms with Crippen molar-refractivity contribution in [3.05, 3.63) is 77.6 Å². The Bertz CT molecular complexity index is 1080. The molecule has 2 heterocycles. The fourth-order valence-electron chi connectivity index (χ4n) is 2.94. The van der Waals surface area contributed by atoms with Gasteiger partial charge in [-0.25, -0.2) is 0 Å². The summed E-state index contributed by atoms with van der Waals surface area (Å²) in [6, 6.07) is 14.3. The fourth-order valence-corrected chi connectivity index (χ4v) is 2.94. The predicted molar refractivity (Wildman–Crippen MR) is 109 cm³/mol. The van der Waals surface area contributed by atoms with Gasteiger partial charge in [0.2, 0.25) is 6.79 Å². The lowest BCUT2D eigenvalue weighted by Crippen LogP contribution is -2.13. The number of carbonyl (C=O) groups excluding carboxylic acids is 2. The highest BCUT2D eigenvalue weighted by Gasteiger charge is 2.13. The smallest absolute Gasteiger partial charge is 0.257 e. The summed E-state index contributed by atoms with van der Waals surface area (Å²) >= 11 is 0. The summed E-state index contributed by atoms with van der Waals surface area (Å²) < 4.78 is 10.7. The number of fused-ring (bicyclic) bond motifs is 1. The molecule has 2 N–H and O–H groups in total. The molecule has 0 bridgehead atoms. The number of nitrogens with zero attached hydrogens (tertiary/aromatic N) is 1. The molecular formula is C22H19N3O4. The number of ketones is 1. The Hall–Kier alpha value is -3.87. The van der Waals surface area contributed by atoms with Gasteiger partial charge in [0, 0.05) is 30.2 Å². The number of aromatic nitrogens is 1. The maximum Gasteiger partial charge on any atom is 0.257 e. The molecule has 0 unspecified atom stereocenters. The van der Waals surface area contributed by atoms with E-state index in [0.717, 1.165) is 17.1 Å². The second-order valence-corrected chi connectivity index (χ2v) is 6.59. The molecule has 0 fully saturated rings. The monoisotopic (exact) mass is 389 g/mol. The Kier molecular flexibility index (Phi) is 5.11. The van der Waals surface area contributed by atoms with Crippen LogP contribution in [-0.4, -0.2) is 23.5 Å². The van der Waals surface area contributed by atoms with Gasteiger partial charge in [-0.2, -0.15) is 0 Å². The summed E-state index contributed by atoms with van der Waals surface area (Å²) in [5.41, 5.74) is 3.24. The molecule has 0 saturated carbocycles. The van der Waals surface area contributed by atoms with Gasteiger partial charge in [0.05, 0.1) is 11.3 Å². The van der Waals surface area contributed by atoms with Crippen LogP contribution in [0.1, 0.15) is 33.2 Å². The number of nitrogens with one attached hydrogen (secondary N) is 2. The number of carbonyl (C=O) groups is 2. The molecule has 4 rings (SSSR count). The average Bonchev–Trinajstić information content (AvgIpc) is 3.20. The molecule has 1 aliphatic heterocycles. The molecule has 0 atom stereocenters. The molecule has 0 spiro atoms. The predicted octanol–water partition coefficient (Wildman–Crippen LogP) is 3.88. The molecule has 0 saturated heterocycles. The van der Waals surface area contributed by atoms with E-state index in [1.54, 1.807) is 36.5 Å². The number of amides is 1. The lowest BCUT2D eigenvalue weighted by Gasteiger charge is -2.10. The minimum Gasteiger partial charge on any atom is -0.454 e. The zero-order valence-corrected chi connectivity index (χ0v) is 15.8. The van der Waals surface area contributed by atoms with Crippen molar-refractivity contribution in [1.29, 1.82) is 0 Å². The second-order valence-electron chi connectivity index (χ2n) is 6.59. The normalized spacial score (nSPS) is 11.8. The summed E-state index contributed by atoms with van der Waals surface area (Å²) in [6.45, 7) is 2.27.